The summed E-state index contributed by atoms with van der Waals surface area (Å²) in [5, 5.41) is 7.15. The maximum atomic E-state index is 13.3. The SMILES string of the molecule is Cc1cc2c(cc1Nc1ncc3c(n1)N(c1cnn(CC(F)F)c1)C(=O)C31CC1)OCO2. The summed E-state index contributed by atoms with van der Waals surface area (Å²) in [4.78, 5) is 23.8. The number of carbonyl (C=O) groups is 1. The Labute approximate surface area is 181 Å². The molecule has 2 aromatic heterocycles. The number of hydrogen-bond acceptors (Lipinski definition) is 7. The number of nitrogens with one attached hydrogen (secondary N) is 1. The van der Waals surface area contributed by atoms with Crippen molar-refractivity contribution < 1.29 is 23.0 Å². The molecule has 3 aromatic rings. The Bertz CT molecular complexity index is 1260. The number of nitrogens with zero attached hydrogens (tertiary/aromatic N) is 5. The van der Waals surface area contributed by atoms with E-state index < -0.39 is 18.4 Å². The molecule has 0 atom stereocenters. The van der Waals surface area contributed by atoms with E-state index >= 15 is 0 Å². The average molecular weight is 440 g/mol. The largest absolute Gasteiger partial charge is 0.454 e. The Morgan fingerprint density at radius 1 is 1.22 bits per heavy atom. The molecule has 6 rings (SSSR count). The first kappa shape index (κ1) is 19.0. The number of anilines is 4. The molecule has 1 N–H and O–H groups in total. The van der Waals surface area contributed by atoms with E-state index in [1.165, 1.54) is 17.3 Å². The van der Waals surface area contributed by atoms with Crippen molar-refractivity contribution in [3.05, 3.63) is 41.9 Å². The summed E-state index contributed by atoms with van der Waals surface area (Å²) < 4.78 is 37.5. The zero-order valence-corrected chi connectivity index (χ0v) is 17.0. The summed E-state index contributed by atoms with van der Waals surface area (Å²) in [5.41, 5.74) is 2.18. The van der Waals surface area contributed by atoms with Crippen molar-refractivity contribution >= 4 is 29.0 Å². The van der Waals surface area contributed by atoms with Gasteiger partial charge in [-0.2, -0.15) is 10.1 Å². The second-order valence-electron chi connectivity index (χ2n) is 8.11. The van der Waals surface area contributed by atoms with Crippen LogP contribution in [0.2, 0.25) is 0 Å². The van der Waals surface area contributed by atoms with E-state index in [0.29, 0.717) is 41.8 Å². The number of aryl methyl sites for hydroxylation is 1. The molecule has 0 bridgehead atoms. The smallest absolute Gasteiger partial charge is 0.257 e. The minimum atomic E-state index is -2.54. The number of aromatic nitrogens is 4. The van der Waals surface area contributed by atoms with Crippen LogP contribution in [0.15, 0.2) is 30.7 Å². The molecule has 9 nitrogen and oxygen atoms in total. The Morgan fingerprint density at radius 2 is 2.00 bits per heavy atom. The van der Waals surface area contributed by atoms with Crippen LogP contribution in [-0.2, 0) is 16.8 Å². The van der Waals surface area contributed by atoms with Crippen LogP contribution in [0.25, 0.3) is 0 Å². The third-order valence-corrected chi connectivity index (χ3v) is 6.03. The van der Waals surface area contributed by atoms with Gasteiger partial charge in [-0.05, 0) is 31.4 Å². The molecule has 1 amide bonds. The first-order valence-corrected chi connectivity index (χ1v) is 10.1. The van der Waals surface area contributed by atoms with E-state index in [0.717, 1.165) is 21.5 Å². The number of carbonyl (C=O) groups excluding carboxylic acids is 1. The van der Waals surface area contributed by atoms with Crippen LogP contribution in [-0.4, -0.2) is 38.9 Å². The van der Waals surface area contributed by atoms with Gasteiger partial charge in [0.15, 0.2) is 11.5 Å². The number of fused-ring (bicyclic) bond motifs is 3. The van der Waals surface area contributed by atoms with E-state index in [-0.39, 0.29) is 12.7 Å². The summed E-state index contributed by atoms with van der Waals surface area (Å²) in [7, 11) is 0. The molecule has 0 unspecified atom stereocenters. The molecule has 1 aliphatic carbocycles. The first-order valence-electron chi connectivity index (χ1n) is 10.1. The van der Waals surface area contributed by atoms with E-state index in [9.17, 15) is 13.6 Å². The maximum absolute atomic E-state index is 13.3. The van der Waals surface area contributed by atoms with E-state index in [1.54, 1.807) is 6.20 Å². The molecular weight excluding hydrogens is 422 g/mol. The average Bonchev–Trinajstić information content (AvgIpc) is 3.12. The van der Waals surface area contributed by atoms with E-state index in [1.807, 2.05) is 19.1 Å². The lowest BCUT2D eigenvalue weighted by Gasteiger charge is -2.15. The van der Waals surface area contributed by atoms with Gasteiger partial charge in [0.1, 0.15) is 12.4 Å². The van der Waals surface area contributed by atoms with Crippen molar-refractivity contribution in [1.29, 1.82) is 0 Å². The number of rotatable bonds is 5. The van der Waals surface area contributed by atoms with Gasteiger partial charge < -0.3 is 14.8 Å². The highest BCUT2D eigenvalue weighted by atomic mass is 19.3. The summed E-state index contributed by atoms with van der Waals surface area (Å²) >= 11 is 0. The Kier molecular flexibility index (Phi) is 3.92. The fraction of sp³-hybridized carbons (Fsp3) is 0.333. The number of benzene rings is 1. The standard InChI is InChI=1S/C21H18F2N6O3/c1-11-4-15-16(32-10-31-15)5-14(11)26-20-24-7-13-18(27-20)29(19(30)21(13)2-3-21)12-6-25-28(8-12)9-17(22)23/h4-8,17H,2-3,9-10H2,1H3,(H,24,26,27). The zero-order chi connectivity index (χ0) is 22.0. The molecule has 32 heavy (non-hydrogen) atoms. The molecule has 1 spiro atoms. The van der Waals surface area contributed by atoms with Crippen molar-refractivity contribution in [3.63, 3.8) is 0 Å². The molecule has 164 valence electrons. The highest BCUT2D eigenvalue weighted by Crippen LogP contribution is 2.58. The van der Waals surface area contributed by atoms with Crippen molar-refractivity contribution in [2.24, 2.45) is 0 Å². The van der Waals surface area contributed by atoms with Crippen molar-refractivity contribution in [2.75, 3.05) is 17.0 Å². The lowest BCUT2D eigenvalue weighted by molar-refractivity contribution is -0.119. The fourth-order valence-electron chi connectivity index (χ4n) is 4.22. The van der Waals surface area contributed by atoms with Crippen molar-refractivity contribution in [2.45, 2.75) is 38.2 Å². The first-order chi connectivity index (χ1) is 15.4. The topological polar surface area (TPSA) is 94.4 Å². The van der Waals surface area contributed by atoms with Crippen LogP contribution >= 0.6 is 0 Å². The van der Waals surface area contributed by atoms with Gasteiger partial charge in [-0.25, -0.2) is 13.8 Å². The maximum Gasteiger partial charge on any atom is 0.257 e. The zero-order valence-electron chi connectivity index (χ0n) is 17.0. The van der Waals surface area contributed by atoms with Crippen molar-refractivity contribution in [1.82, 2.24) is 19.7 Å². The van der Waals surface area contributed by atoms with Crippen LogP contribution in [0, 0.1) is 6.92 Å². The highest BCUT2D eigenvalue weighted by Gasteiger charge is 2.60. The molecule has 0 radical (unpaired) electrons. The molecule has 1 saturated carbocycles. The molecule has 11 heteroatoms. The van der Waals surface area contributed by atoms with Gasteiger partial charge in [0.2, 0.25) is 18.6 Å². The summed E-state index contributed by atoms with van der Waals surface area (Å²) in [6, 6.07) is 3.68. The minimum Gasteiger partial charge on any atom is -0.454 e. The van der Waals surface area contributed by atoms with Gasteiger partial charge in [0.25, 0.3) is 6.43 Å². The van der Waals surface area contributed by atoms with Crippen LogP contribution in [0.5, 0.6) is 11.5 Å². The van der Waals surface area contributed by atoms with Crippen LogP contribution in [0.1, 0.15) is 24.0 Å². The second kappa shape index (κ2) is 6.62. The van der Waals surface area contributed by atoms with Crippen LogP contribution in [0.3, 0.4) is 0 Å². The Hall–Kier alpha value is -3.76. The van der Waals surface area contributed by atoms with Crippen LogP contribution in [0.4, 0.5) is 31.9 Å². The van der Waals surface area contributed by atoms with Gasteiger partial charge in [-0.3, -0.25) is 14.4 Å². The molecule has 2 aliphatic heterocycles. The van der Waals surface area contributed by atoms with Crippen LogP contribution < -0.4 is 19.7 Å². The third-order valence-electron chi connectivity index (χ3n) is 6.03. The fourth-order valence-corrected chi connectivity index (χ4v) is 4.22. The molecule has 1 fully saturated rings. The van der Waals surface area contributed by atoms with E-state index in [4.69, 9.17) is 9.47 Å². The van der Waals surface area contributed by atoms with Crippen molar-refractivity contribution in [3.8, 4) is 11.5 Å². The van der Waals surface area contributed by atoms with E-state index in [2.05, 4.69) is 20.4 Å². The predicted octanol–water partition coefficient (Wildman–Crippen LogP) is 3.43. The second-order valence-corrected chi connectivity index (χ2v) is 8.11. The van der Waals surface area contributed by atoms with Gasteiger partial charge in [-0.1, -0.05) is 0 Å². The normalized spacial score (nSPS) is 17.4. The quantitative estimate of drug-likeness (QED) is 0.650. The molecular formula is C21H18F2N6O3. The Balaban J connectivity index is 1.36. The molecule has 0 saturated heterocycles. The highest BCUT2D eigenvalue weighted by molar-refractivity contribution is 6.13. The molecule has 4 heterocycles. The minimum absolute atomic E-state index is 0.130. The predicted molar refractivity (Wildman–Crippen MR) is 109 cm³/mol. The van der Waals surface area contributed by atoms with Gasteiger partial charge in [0, 0.05) is 29.7 Å². The third kappa shape index (κ3) is 2.80. The molecule has 1 aromatic carbocycles. The summed E-state index contributed by atoms with van der Waals surface area (Å²) in [6.07, 6.45) is 3.38. The monoisotopic (exact) mass is 440 g/mol. The van der Waals surface area contributed by atoms with Gasteiger partial charge in [0.05, 0.1) is 17.3 Å². The van der Waals surface area contributed by atoms with Gasteiger partial charge >= 0.3 is 0 Å². The number of ether oxygens (including phenoxy) is 2. The number of alkyl halides is 2. The lowest BCUT2D eigenvalue weighted by Crippen LogP contribution is -2.28. The number of halogens is 2. The lowest BCUT2D eigenvalue weighted by atomic mass is 10.0. The number of amides is 1. The Morgan fingerprint density at radius 3 is 2.75 bits per heavy atom. The summed E-state index contributed by atoms with van der Waals surface area (Å²) in [6.45, 7) is 1.55. The van der Waals surface area contributed by atoms with Gasteiger partial charge in [-0.15, -0.1) is 0 Å². The molecule has 3 aliphatic rings. The summed E-state index contributed by atoms with van der Waals surface area (Å²) in [5.74, 6) is 1.92. The number of hydrogen-bond donors (Lipinski definition) is 1.